The molecule has 0 saturated carbocycles. The van der Waals surface area contributed by atoms with Crippen molar-refractivity contribution in [3.05, 3.63) is 17.2 Å². The standard InChI is InChI=1S/C10H12ClF3N5P/c1-20-19(16)9-7-5(11)2-3-6(15)8(7)18(17-9)4-10(12,13)14/h2-3,20H,4,15-16H2,1H3. The van der Waals surface area contributed by atoms with Crippen molar-refractivity contribution in [1.82, 2.24) is 9.78 Å². The molecule has 0 saturated heterocycles. The molecule has 2 rings (SSSR count). The summed E-state index contributed by atoms with van der Waals surface area (Å²) in [5.74, 6) is 5.93. The van der Waals surface area contributed by atoms with E-state index in [1.54, 1.807) is 6.66 Å². The lowest BCUT2D eigenvalue weighted by atomic mass is 10.2. The van der Waals surface area contributed by atoms with E-state index in [0.29, 0.717) is 5.39 Å². The molecule has 110 valence electrons. The van der Waals surface area contributed by atoms with Gasteiger partial charge in [0, 0.05) is 0 Å². The summed E-state index contributed by atoms with van der Waals surface area (Å²) in [6.07, 6.45) is -4.42. The molecule has 0 radical (unpaired) electrons. The van der Waals surface area contributed by atoms with Crippen molar-refractivity contribution in [2.75, 3.05) is 17.2 Å². The SMILES string of the molecule is CPN(N)c1nn(CC(F)(F)F)c2c(N)ccc(Cl)c12. The first-order valence-corrected chi connectivity index (χ1v) is 7.30. The molecule has 1 heterocycles. The molecule has 5 nitrogen and oxygen atoms in total. The summed E-state index contributed by atoms with van der Waals surface area (Å²) >= 11 is 6.05. The van der Waals surface area contributed by atoms with Crippen LogP contribution < -0.4 is 16.4 Å². The summed E-state index contributed by atoms with van der Waals surface area (Å²) in [4.78, 5) is 0. The number of nitrogen functional groups attached to an aromatic ring is 1. The van der Waals surface area contributed by atoms with Crippen LogP contribution in [-0.4, -0.2) is 22.6 Å². The lowest BCUT2D eigenvalue weighted by molar-refractivity contribution is -0.141. The Hall–Kier alpha value is -1.24. The third kappa shape index (κ3) is 2.77. The second-order valence-electron chi connectivity index (χ2n) is 4.05. The van der Waals surface area contributed by atoms with Crippen LogP contribution in [0.1, 0.15) is 0 Å². The minimum atomic E-state index is -4.42. The largest absolute Gasteiger partial charge is 0.408 e. The van der Waals surface area contributed by atoms with Gasteiger partial charge in [0.2, 0.25) is 0 Å². The van der Waals surface area contributed by atoms with E-state index in [-0.39, 0.29) is 30.8 Å². The number of aromatic nitrogens is 2. The third-order valence-corrected chi connectivity index (χ3v) is 3.66. The van der Waals surface area contributed by atoms with Crippen molar-refractivity contribution < 1.29 is 13.2 Å². The molecule has 1 aromatic carbocycles. The van der Waals surface area contributed by atoms with E-state index in [4.69, 9.17) is 23.2 Å². The molecule has 2 aromatic rings. The third-order valence-electron chi connectivity index (χ3n) is 2.65. The van der Waals surface area contributed by atoms with E-state index in [1.807, 2.05) is 0 Å². The van der Waals surface area contributed by atoms with Gasteiger partial charge in [-0.25, -0.2) is 5.84 Å². The number of nitrogens with zero attached hydrogens (tertiary/aromatic N) is 3. The van der Waals surface area contributed by atoms with Crippen LogP contribution in [0.25, 0.3) is 10.9 Å². The molecular weight excluding hydrogens is 314 g/mol. The van der Waals surface area contributed by atoms with Gasteiger partial charge in [-0.3, -0.25) is 9.46 Å². The van der Waals surface area contributed by atoms with E-state index >= 15 is 0 Å². The zero-order valence-electron chi connectivity index (χ0n) is 10.4. The average Bonchev–Trinajstić information content (AvgIpc) is 2.71. The maximum atomic E-state index is 12.6. The average molecular weight is 326 g/mol. The van der Waals surface area contributed by atoms with Gasteiger partial charge >= 0.3 is 6.18 Å². The Morgan fingerprint density at radius 2 is 2.10 bits per heavy atom. The Morgan fingerprint density at radius 1 is 1.45 bits per heavy atom. The number of hydrazine groups is 1. The van der Waals surface area contributed by atoms with E-state index in [2.05, 4.69) is 5.10 Å². The zero-order chi connectivity index (χ0) is 15.1. The summed E-state index contributed by atoms with van der Waals surface area (Å²) in [5.41, 5.74) is 6.06. The molecule has 0 aliphatic rings. The van der Waals surface area contributed by atoms with Gasteiger partial charge in [0.15, 0.2) is 5.82 Å². The summed E-state index contributed by atoms with van der Waals surface area (Å²) in [6.45, 7) is 0.517. The van der Waals surface area contributed by atoms with Gasteiger partial charge in [-0.2, -0.15) is 18.3 Å². The minimum absolute atomic E-state index is 0.121. The Bertz CT molecular complexity index is 642. The highest BCUT2D eigenvalue weighted by molar-refractivity contribution is 7.38. The highest BCUT2D eigenvalue weighted by Gasteiger charge is 2.31. The number of fused-ring (bicyclic) bond motifs is 1. The van der Waals surface area contributed by atoms with Crippen LogP contribution in [0, 0.1) is 0 Å². The van der Waals surface area contributed by atoms with E-state index < -0.39 is 12.7 Å². The summed E-state index contributed by atoms with van der Waals surface area (Å²) in [5, 5.41) is 4.49. The van der Waals surface area contributed by atoms with Gasteiger partial charge in [0.05, 0.1) is 21.6 Å². The molecule has 1 aromatic heterocycles. The molecule has 0 spiro atoms. The molecule has 0 amide bonds. The van der Waals surface area contributed by atoms with Gasteiger partial charge in [-0.05, 0) is 27.5 Å². The molecule has 20 heavy (non-hydrogen) atoms. The summed E-state index contributed by atoms with van der Waals surface area (Å²) < 4.78 is 39.9. The Balaban J connectivity index is 2.73. The highest BCUT2D eigenvalue weighted by atomic mass is 35.5. The van der Waals surface area contributed by atoms with Crippen LogP contribution in [0.15, 0.2) is 12.1 Å². The zero-order valence-corrected chi connectivity index (χ0v) is 12.1. The van der Waals surface area contributed by atoms with Crippen molar-refractivity contribution in [3.63, 3.8) is 0 Å². The van der Waals surface area contributed by atoms with Crippen molar-refractivity contribution in [2.45, 2.75) is 12.7 Å². The highest BCUT2D eigenvalue weighted by Crippen LogP contribution is 2.38. The topological polar surface area (TPSA) is 73.1 Å². The lowest BCUT2D eigenvalue weighted by Crippen LogP contribution is -2.22. The van der Waals surface area contributed by atoms with Crippen molar-refractivity contribution >= 4 is 42.7 Å². The first-order valence-electron chi connectivity index (χ1n) is 5.48. The van der Waals surface area contributed by atoms with E-state index in [0.717, 1.165) is 4.68 Å². The predicted molar refractivity (Wildman–Crippen MR) is 76.1 cm³/mol. The monoisotopic (exact) mass is 325 g/mol. The molecule has 0 fully saturated rings. The fourth-order valence-corrected chi connectivity index (χ4v) is 2.45. The number of hydrogen-bond donors (Lipinski definition) is 2. The predicted octanol–water partition coefficient (Wildman–Crippen LogP) is 2.74. The molecule has 0 aliphatic heterocycles. The quantitative estimate of drug-likeness (QED) is 0.394. The van der Waals surface area contributed by atoms with Crippen LogP contribution in [-0.2, 0) is 6.54 Å². The first-order chi connectivity index (χ1) is 9.24. The van der Waals surface area contributed by atoms with E-state index in [9.17, 15) is 13.2 Å². The first kappa shape index (κ1) is 15.2. The van der Waals surface area contributed by atoms with Crippen LogP contribution >= 0.6 is 20.3 Å². The number of hydrogen-bond acceptors (Lipinski definition) is 4. The molecule has 1 atom stereocenters. The van der Waals surface area contributed by atoms with Gasteiger partial charge in [0.1, 0.15) is 6.54 Å². The lowest BCUT2D eigenvalue weighted by Gasteiger charge is -2.13. The number of anilines is 2. The molecule has 10 heteroatoms. The van der Waals surface area contributed by atoms with Crippen LogP contribution in [0.5, 0.6) is 0 Å². The fraction of sp³-hybridized carbons (Fsp3) is 0.300. The minimum Gasteiger partial charge on any atom is -0.397 e. The number of alkyl halides is 3. The second kappa shape index (κ2) is 5.27. The van der Waals surface area contributed by atoms with Crippen LogP contribution in [0.2, 0.25) is 5.02 Å². The number of rotatable bonds is 3. The Morgan fingerprint density at radius 3 is 2.65 bits per heavy atom. The second-order valence-corrected chi connectivity index (χ2v) is 5.39. The van der Waals surface area contributed by atoms with Gasteiger partial charge in [-0.15, -0.1) is 0 Å². The Kier molecular flexibility index (Phi) is 4.00. The molecule has 4 N–H and O–H groups in total. The maximum absolute atomic E-state index is 12.6. The van der Waals surface area contributed by atoms with Crippen molar-refractivity contribution in [3.8, 4) is 0 Å². The number of halogens is 4. The molecular formula is C10H12ClF3N5P. The van der Waals surface area contributed by atoms with Gasteiger partial charge in [-0.1, -0.05) is 11.6 Å². The Labute approximate surface area is 119 Å². The van der Waals surface area contributed by atoms with Crippen molar-refractivity contribution in [1.29, 1.82) is 0 Å². The van der Waals surface area contributed by atoms with Crippen molar-refractivity contribution in [2.24, 2.45) is 5.84 Å². The van der Waals surface area contributed by atoms with Gasteiger partial charge in [0.25, 0.3) is 0 Å². The normalized spacial score (nSPS) is 12.7. The summed E-state index contributed by atoms with van der Waals surface area (Å²) in [7, 11) is 0.121. The molecule has 0 bridgehead atoms. The maximum Gasteiger partial charge on any atom is 0.408 e. The van der Waals surface area contributed by atoms with Crippen LogP contribution in [0.3, 0.4) is 0 Å². The molecule has 0 aliphatic carbocycles. The molecule has 1 unspecified atom stereocenters. The van der Waals surface area contributed by atoms with Crippen LogP contribution in [0.4, 0.5) is 24.7 Å². The fourth-order valence-electron chi connectivity index (χ4n) is 1.85. The number of benzene rings is 1. The number of nitrogens with two attached hydrogens (primary N) is 2. The summed E-state index contributed by atoms with van der Waals surface area (Å²) in [6, 6.07) is 2.95. The van der Waals surface area contributed by atoms with E-state index in [1.165, 1.54) is 16.9 Å². The smallest absolute Gasteiger partial charge is 0.397 e. The van der Waals surface area contributed by atoms with Gasteiger partial charge < -0.3 is 5.73 Å².